The Morgan fingerprint density at radius 2 is 2.11 bits per heavy atom. The number of rotatable bonds is 6. The van der Waals surface area contributed by atoms with E-state index < -0.39 is 0 Å². The first-order chi connectivity index (χ1) is 8.61. The van der Waals surface area contributed by atoms with Crippen LogP contribution in [0, 0.1) is 11.3 Å². The summed E-state index contributed by atoms with van der Waals surface area (Å²) in [5.41, 5.74) is 0.516. The molecule has 0 bridgehead atoms. The van der Waals surface area contributed by atoms with Crippen molar-refractivity contribution < 1.29 is 0 Å². The van der Waals surface area contributed by atoms with Gasteiger partial charge in [-0.3, -0.25) is 0 Å². The quantitative estimate of drug-likeness (QED) is 0.785. The van der Waals surface area contributed by atoms with E-state index in [9.17, 15) is 0 Å². The molecule has 1 heterocycles. The molecule has 0 radical (unpaired) electrons. The van der Waals surface area contributed by atoms with E-state index in [4.69, 9.17) is 0 Å². The van der Waals surface area contributed by atoms with Crippen LogP contribution >= 0.6 is 27.3 Å². The van der Waals surface area contributed by atoms with Gasteiger partial charge in [0.1, 0.15) is 0 Å². The van der Waals surface area contributed by atoms with Crippen LogP contribution in [0.3, 0.4) is 0 Å². The fourth-order valence-electron chi connectivity index (χ4n) is 2.96. The highest BCUT2D eigenvalue weighted by Crippen LogP contribution is 2.42. The van der Waals surface area contributed by atoms with Crippen molar-refractivity contribution in [2.75, 3.05) is 13.1 Å². The molecule has 1 fully saturated rings. The summed E-state index contributed by atoms with van der Waals surface area (Å²) in [5.74, 6) is 0.747. The highest BCUT2D eigenvalue weighted by atomic mass is 79.9. The maximum atomic E-state index is 3.69. The van der Waals surface area contributed by atoms with Gasteiger partial charge in [-0.25, -0.2) is 0 Å². The van der Waals surface area contributed by atoms with Crippen molar-refractivity contribution >= 4 is 27.3 Å². The van der Waals surface area contributed by atoms with Gasteiger partial charge in [0.2, 0.25) is 0 Å². The standard InChI is InChI=1S/C15H24BrNS/c1-12(2)10-17-11-15(6-3-4-7-15)9-14-13(16)5-8-18-14/h5,8,12,17H,3-4,6-7,9-11H2,1-2H3. The van der Waals surface area contributed by atoms with Crippen LogP contribution in [-0.2, 0) is 6.42 Å². The van der Waals surface area contributed by atoms with Gasteiger partial charge in [0.25, 0.3) is 0 Å². The second-order valence-electron chi connectivity index (χ2n) is 6.10. The molecule has 2 rings (SSSR count). The molecule has 1 aromatic rings. The maximum Gasteiger partial charge on any atom is 0.0314 e. The Morgan fingerprint density at radius 1 is 1.39 bits per heavy atom. The summed E-state index contributed by atoms with van der Waals surface area (Å²) in [6, 6.07) is 2.18. The molecule has 102 valence electrons. The van der Waals surface area contributed by atoms with Gasteiger partial charge in [-0.2, -0.15) is 0 Å². The van der Waals surface area contributed by atoms with E-state index in [1.54, 1.807) is 0 Å². The van der Waals surface area contributed by atoms with Crippen LogP contribution in [-0.4, -0.2) is 13.1 Å². The number of thiophene rings is 1. The normalized spacial score (nSPS) is 18.7. The van der Waals surface area contributed by atoms with Gasteiger partial charge in [-0.05, 0) is 64.5 Å². The Labute approximate surface area is 123 Å². The third-order valence-electron chi connectivity index (χ3n) is 3.94. The predicted octanol–water partition coefficient (Wildman–Crippen LogP) is 4.86. The fraction of sp³-hybridized carbons (Fsp3) is 0.733. The lowest BCUT2D eigenvalue weighted by molar-refractivity contribution is 0.274. The van der Waals surface area contributed by atoms with E-state index in [1.165, 1.54) is 48.0 Å². The van der Waals surface area contributed by atoms with E-state index in [2.05, 4.69) is 46.5 Å². The molecule has 1 N–H and O–H groups in total. The molecule has 1 aromatic heterocycles. The minimum Gasteiger partial charge on any atom is -0.316 e. The Bertz CT molecular complexity index is 366. The second-order valence-corrected chi connectivity index (χ2v) is 7.96. The number of halogens is 1. The largest absolute Gasteiger partial charge is 0.316 e. The lowest BCUT2D eigenvalue weighted by atomic mass is 9.82. The summed E-state index contributed by atoms with van der Waals surface area (Å²) in [4.78, 5) is 1.53. The molecule has 1 nitrogen and oxygen atoms in total. The summed E-state index contributed by atoms with van der Waals surface area (Å²) >= 11 is 5.58. The Morgan fingerprint density at radius 3 is 2.67 bits per heavy atom. The maximum absolute atomic E-state index is 3.69. The fourth-order valence-corrected chi connectivity index (χ4v) is 4.63. The van der Waals surface area contributed by atoms with Gasteiger partial charge >= 0.3 is 0 Å². The molecule has 0 aliphatic heterocycles. The van der Waals surface area contributed by atoms with E-state index in [0.29, 0.717) is 5.41 Å². The zero-order valence-electron chi connectivity index (χ0n) is 11.5. The van der Waals surface area contributed by atoms with E-state index in [1.807, 2.05) is 11.3 Å². The van der Waals surface area contributed by atoms with Crippen molar-refractivity contribution in [1.82, 2.24) is 5.32 Å². The van der Waals surface area contributed by atoms with Crippen LogP contribution in [0.1, 0.15) is 44.4 Å². The average molecular weight is 330 g/mol. The molecule has 0 atom stereocenters. The van der Waals surface area contributed by atoms with Gasteiger partial charge in [0, 0.05) is 15.9 Å². The first kappa shape index (κ1) is 14.5. The molecule has 0 aromatic carbocycles. The van der Waals surface area contributed by atoms with Crippen LogP contribution in [0.15, 0.2) is 15.9 Å². The Balaban J connectivity index is 1.96. The Hall–Kier alpha value is 0.140. The first-order valence-corrected chi connectivity index (χ1v) is 8.71. The highest BCUT2D eigenvalue weighted by molar-refractivity contribution is 9.10. The van der Waals surface area contributed by atoms with E-state index in [0.717, 1.165) is 12.5 Å². The van der Waals surface area contributed by atoms with Crippen molar-refractivity contribution in [2.45, 2.75) is 46.0 Å². The highest BCUT2D eigenvalue weighted by Gasteiger charge is 2.34. The first-order valence-electron chi connectivity index (χ1n) is 7.04. The molecule has 3 heteroatoms. The summed E-state index contributed by atoms with van der Waals surface area (Å²) in [6.07, 6.45) is 6.85. The second kappa shape index (κ2) is 6.53. The third-order valence-corrected chi connectivity index (χ3v) is 5.87. The van der Waals surface area contributed by atoms with Crippen LogP contribution in [0.2, 0.25) is 0 Å². The zero-order valence-corrected chi connectivity index (χ0v) is 13.9. The molecule has 0 unspecified atom stereocenters. The zero-order chi connectivity index (χ0) is 13.0. The van der Waals surface area contributed by atoms with Crippen LogP contribution in [0.4, 0.5) is 0 Å². The molecule has 1 saturated carbocycles. The molecule has 0 saturated heterocycles. The molecule has 0 spiro atoms. The van der Waals surface area contributed by atoms with Crippen molar-refractivity contribution in [3.63, 3.8) is 0 Å². The number of nitrogens with one attached hydrogen (secondary N) is 1. The smallest absolute Gasteiger partial charge is 0.0314 e. The van der Waals surface area contributed by atoms with Crippen molar-refractivity contribution in [2.24, 2.45) is 11.3 Å². The van der Waals surface area contributed by atoms with E-state index in [-0.39, 0.29) is 0 Å². The van der Waals surface area contributed by atoms with E-state index >= 15 is 0 Å². The summed E-state index contributed by atoms with van der Waals surface area (Å²) in [5, 5.41) is 5.89. The number of hydrogen-bond donors (Lipinski definition) is 1. The van der Waals surface area contributed by atoms with Gasteiger partial charge in [0.05, 0.1) is 0 Å². The van der Waals surface area contributed by atoms with Crippen LogP contribution in [0.5, 0.6) is 0 Å². The van der Waals surface area contributed by atoms with Crippen LogP contribution < -0.4 is 5.32 Å². The van der Waals surface area contributed by atoms with Gasteiger partial charge < -0.3 is 5.32 Å². The van der Waals surface area contributed by atoms with Gasteiger partial charge in [-0.1, -0.05) is 26.7 Å². The SMILES string of the molecule is CC(C)CNCC1(Cc2sccc2Br)CCCC1. The lowest BCUT2D eigenvalue weighted by Crippen LogP contribution is -2.35. The lowest BCUT2D eigenvalue weighted by Gasteiger charge is -2.29. The van der Waals surface area contributed by atoms with Crippen molar-refractivity contribution in [3.05, 3.63) is 20.8 Å². The monoisotopic (exact) mass is 329 g/mol. The summed E-state index contributed by atoms with van der Waals surface area (Å²) in [7, 11) is 0. The van der Waals surface area contributed by atoms with Gasteiger partial charge in [0.15, 0.2) is 0 Å². The van der Waals surface area contributed by atoms with Gasteiger partial charge in [-0.15, -0.1) is 11.3 Å². The molecular formula is C15H24BrNS. The third kappa shape index (κ3) is 3.82. The summed E-state index contributed by atoms with van der Waals surface area (Å²) in [6.45, 7) is 6.90. The molecular weight excluding hydrogens is 306 g/mol. The molecule has 1 aliphatic carbocycles. The Kier molecular flexibility index (Phi) is 5.28. The number of hydrogen-bond acceptors (Lipinski definition) is 2. The summed E-state index contributed by atoms with van der Waals surface area (Å²) < 4.78 is 1.31. The molecule has 0 amide bonds. The van der Waals surface area contributed by atoms with Crippen molar-refractivity contribution in [3.8, 4) is 0 Å². The molecule has 18 heavy (non-hydrogen) atoms. The molecule has 1 aliphatic rings. The minimum atomic E-state index is 0.516. The topological polar surface area (TPSA) is 12.0 Å². The minimum absolute atomic E-state index is 0.516. The van der Waals surface area contributed by atoms with Crippen molar-refractivity contribution in [1.29, 1.82) is 0 Å². The average Bonchev–Trinajstić information content (AvgIpc) is 2.90. The van der Waals surface area contributed by atoms with Crippen LogP contribution in [0.25, 0.3) is 0 Å². The predicted molar refractivity (Wildman–Crippen MR) is 84.3 cm³/mol.